The summed E-state index contributed by atoms with van der Waals surface area (Å²) in [6.07, 6.45) is -3.63. The van der Waals surface area contributed by atoms with Gasteiger partial charge in [-0.2, -0.15) is 18.1 Å². The van der Waals surface area contributed by atoms with Gasteiger partial charge in [0, 0.05) is 46.4 Å². The van der Waals surface area contributed by atoms with E-state index in [2.05, 4.69) is 6.58 Å². The zero-order valence-electron chi connectivity index (χ0n) is 21.0. The lowest BCUT2D eigenvalue weighted by Gasteiger charge is -2.31. The Hall–Kier alpha value is -3.03. The van der Waals surface area contributed by atoms with E-state index in [4.69, 9.17) is 9.78 Å². The summed E-state index contributed by atoms with van der Waals surface area (Å²) in [4.78, 5) is 37.3. The second-order valence-corrected chi connectivity index (χ2v) is 12.3. The molecule has 39 heavy (non-hydrogen) atoms. The number of carbonyl (C=O) groups excluding carboxylic acids is 2. The minimum atomic E-state index is -4.67. The Morgan fingerprint density at radius 1 is 1.15 bits per heavy atom. The summed E-state index contributed by atoms with van der Waals surface area (Å²) in [5, 5.41) is 0. The van der Waals surface area contributed by atoms with Crippen molar-refractivity contribution < 1.29 is 41.0 Å². The minimum absolute atomic E-state index is 0.0201. The van der Waals surface area contributed by atoms with Gasteiger partial charge in [0.15, 0.2) is 5.75 Å². The molecule has 4 rings (SSSR count). The van der Waals surface area contributed by atoms with Crippen molar-refractivity contribution in [1.82, 2.24) is 9.62 Å². The summed E-state index contributed by atoms with van der Waals surface area (Å²) < 4.78 is 67.4. The Morgan fingerprint density at radius 2 is 1.87 bits per heavy atom. The summed E-state index contributed by atoms with van der Waals surface area (Å²) in [6, 6.07) is 8.74. The molecule has 1 fully saturated rings. The molecule has 2 aliphatic rings. The topological polar surface area (TPSA) is 102 Å². The molecule has 0 spiro atoms. The predicted molar refractivity (Wildman–Crippen MR) is 138 cm³/mol. The molecule has 2 heterocycles. The van der Waals surface area contributed by atoms with Gasteiger partial charge in [-0.05, 0) is 55.7 Å². The molecule has 0 aliphatic carbocycles. The van der Waals surface area contributed by atoms with Crippen molar-refractivity contribution in [3.63, 3.8) is 0 Å². The van der Waals surface area contributed by atoms with Crippen molar-refractivity contribution in [3.8, 4) is 5.75 Å². The zero-order chi connectivity index (χ0) is 28.4. The molecule has 0 bridgehead atoms. The van der Waals surface area contributed by atoms with Crippen LogP contribution >= 0.6 is 11.8 Å². The third-order valence-electron chi connectivity index (χ3n) is 6.54. The van der Waals surface area contributed by atoms with Crippen LogP contribution < -0.4 is 9.61 Å². The first-order chi connectivity index (χ1) is 18.4. The number of nitrogens with one attached hydrogen (secondary N) is 1. The van der Waals surface area contributed by atoms with E-state index in [9.17, 15) is 31.2 Å². The molecule has 1 N–H and O–H groups in total. The van der Waals surface area contributed by atoms with Crippen molar-refractivity contribution in [3.05, 3.63) is 59.7 Å². The van der Waals surface area contributed by atoms with Crippen LogP contribution in [-0.2, 0) is 37.1 Å². The molecule has 0 unspecified atom stereocenters. The highest BCUT2D eigenvalue weighted by atomic mass is 32.2. The third-order valence-corrected chi connectivity index (χ3v) is 8.88. The van der Waals surface area contributed by atoms with Gasteiger partial charge in [-0.1, -0.05) is 24.4 Å². The Kier molecular flexibility index (Phi) is 8.62. The molecule has 210 valence electrons. The average molecular weight is 585 g/mol. The van der Waals surface area contributed by atoms with Gasteiger partial charge in [-0.25, -0.2) is 8.42 Å². The lowest BCUT2D eigenvalue weighted by molar-refractivity contribution is -0.215. The lowest BCUT2D eigenvalue weighted by atomic mass is 9.95. The van der Waals surface area contributed by atoms with E-state index in [-0.39, 0.29) is 47.7 Å². The number of benzene rings is 2. The Bertz CT molecular complexity index is 1390. The lowest BCUT2D eigenvalue weighted by Crippen LogP contribution is -2.44. The average Bonchev–Trinajstić information content (AvgIpc) is 2.91. The summed E-state index contributed by atoms with van der Waals surface area (Å²) in [6.45, 7) is 5.81. The number of carbonyl (C=O) groups is 2. The normalized spacial score (nSPS) is 16.3. The SMILES string of the molecule is C=C(C(=O)N1CCC(C(=O)NS(=O)(=O)CC)CC1)c1ccc(Sc2ccc3c(c2)CCOO3)c(C(F)(F)F)c1. The van der Waals surface area contributed by atoms with E-state index in [0.717, 1.165) is 23.4 Å². The van der Waals surface area contributed by atoms with Crippen LogP contribution in [0.5, 0.6) is 5.75 Å². The van der Waals surface area contributed by atoms with E-state index < -0.39 is 39.5 Å². The van der Waals surface area contributed by atoms with Gasteiger partial charge in [-0.3, -0.25) is 14.3 Å². The number of halogens is 3. The first-order valence-corrected chi connectivity index (χ1v) is 14.7. The number of rotatable bonds is 7. The van der Waals surface area contributed by atoms with Gasteiger partial charge < -0.3 is 9.79 Å². The predicted octanol–water partition coefficient (Wildman–Crippen LogP) is 4.44. The highest BCUT2D eigenvalue weighted by molar-refractivity contribution is 7.99. The van der Waals surface area contributed by atoms with E-state index >= 15 is 0 Å². The number of nitrogens with zero attached hydrogens (tertiary/aromatic N) is 1. The van der Waals surface area contributed by atoms with Crippen LogP contribution in [0.15, 0.2) is 52.8 Å². The summed E-state index contributed by atoms with van der Waals surface area (Å²) in [5.41, 5.74) is -0.103. The van der Waals surface area contributed by atoms with Crippen molar-refractivity contribution >= 4 is 39.2 Å². The summed E-state index contributed by atoms with van der Waals surface area (Å²) in [5.74, 6) is -1.45. The highest BCUT2D eigenvalue weighted by Gasteiger charge is 2.35. The Balaban J connectivity index is 1.46. The van der Waals surface area contributed by atoms with Crippen LogP contribution in [0.25, 0.3) is 5.57 Å². The minimum Gasteiger partial charge on any atom is -0.339 e. The van der Waals surface area contributed by atoms with Gasteiger partial charge in [0.25, 0.3) is 5.91 Å². The van der Waals surface area contributed by atoms with Crippen LogP contribution in [0.1, 0.15) is 36.5 Å². The molecule has 0 radical (unpaired) electrons. The number of hydrogen-bond donors (Lipinski definition) is 1. The molecule has 0 atom stereocenters. The Morgan fingerprint density at radius 3 is 2.54 bits per heavy atom. The molecule has 2 aromatic rings. The molecule has 2 aromatic carbocycles. The molecule has 0 saturated carbocycles. The second kappa shape index (κ2) is 11.6. The van der Waals surface area contributed by atoms with Gasteiger partial charge in [0.05, 0.1) is 17.9 Å². The fourth-order valence-electron chi connectivity index (χ4n) is 4.28. The summed E-state index contributed by atoms with van der Waals surface area (Å²) >= 11 is 0.957. The molecular formula is C26H27F3N2O6S2. The van der Waals surface area contributed by atoms with Gasteiger partial charge in [-0.15, -0.1) is 0 Å². The van der Waals surface area contributed by atoms with Crippen molar-refractivity contribution in [1.29, 1.82) is 0 Å². The highest BCUT2D eigenvalue weighted by Crippen LogP contribution is 2.42. The van der Waals surface area contributed by atoms with E-state index in [1.165, 1.54) is 24.0 Å². The number of sulfonamides is 1. The number of likely N-dealkylation sites (tertiary alicyclic amines) is 1. The van der Waals surface area contributed by atoms with Gasteiger partial charge >= 0.3 is 6.18 Å². The van der Waals surface area contributed by atoms with Crippen LogP contribution in [-0.4, -0.2) is 50.6 Å². The first-order valence-electron chi connectivity index (χ1n) is 12.2. The standard InChI is InChI=1S/C26H27F3N2O6S2/c1-3-39(34,35)30-24(32)17-8-11-31(12-9-17)25(33)16(2)18-4-7-23(21(15-18)26(27,28)29)38-20-5-6-22-19(14-20)10-13-36-37-22/h4-7,14-15,17H,2-3,8-13H2,1H3,(H,30,32). The Labute approximate surface area is 228 Å². The van der Waals surface area contributed by atoms with Gasteiger partial charge in [0.1, 0.15) is 0 Å². The van der Waals surface area contributed by atoms with Crippen LogP contribution in [0.4, 0.5) is 13.2 Å². The van der Waals surface area contributed by atoms with E-state index in [1.807, 2.05) is 4.72 Å². The smallest absolute Gasteiger partial charge is 0.339 e. The fraction of sp³-hybridized carbons (Fsp3) is 0.385. The van der Waals surface area contributed by atoms with Gasteiger partial charge in [0.2, 0.25) is 15.9 Å². The monoisotopic (exact) mass is 584 g/mol. The molecule has 13 heteroatoms. The molecule has 1 saturated heterocycles. The fourth-order valence-corrected chi connectivity index (χ4v) is 5.91. The maximum absolute atomic E-state index is 14.0. The first kappa shape index (κ1) is 29.0. The third kappa shape index (κ3) is 6.95. The molecule has 2 amide bonds. The van der Waals surface area contributed by atoms with Crippen LogP contribution in [0, 0.1) is 5.92 Å². The quantitative estimate of drug-likeness (QED) is 0.379. The molecular weight excluding hydrogens is 557 g/mol. The number of piperidine rings is 1. The zero-order valence-corrected chi connectivity index (χ0v) is 22.7. The maximum atomic E-state index is 14.0. The molecule has 8 nitrogen and oxygen atoms in total. The van der Waals surface area contributed by atoms with Crippen LogP contribution in [0.3, 0.4) is 0 Å². The number of fused-ring (bicyclic) bond motifs is 1. The van der Waals surface area contributed by atoms with E-state index in [1.54, 1.807) is 18.2 Å². The van der Waals surface area contributed by atoms with Crippen LogP contribution in [0.2, 0.25) is 0 Å². The number of hydrogen-bond acceptors (Lipinski definition) is 7. The second-order valence-electron chi connectivity index (χ2n) is 9.15. The molecule has 0 aromatic heterocycles. The number of alkyl halides is 3. The largest absolute Gasteiger partial charge is 0.417 e. The molecule has 2 aliphatic heterocycles. The van der Waals surface area contributed by atoms with E-state index in [0.29, 0.717) is 23.7 Å². The van der Waals surface area contributed by atoms with Crippen molar-refractivity contribution in [2.75, 3.05) is 25.4 Å². The van der Waals surface area contributed by atoms with Crippen molar-refractivity contribution in [2.24, 2.45) is 5.92 Å². The summed E-state index contributed by atoms with van der Waals surface area (Å²) in [7, 11) is -3.69. The maximum Gasteiger partial charge on any atom is 0.417 e. The van der Waals surface area contributed by atoms with Crippen molar-refractivity contribution in [2.45, 2.75) is 42.2 Å². The number of amides is 2.